The van der Waals surface area contributed by atoms with Crippen LogP contribution in [0, 0.1) is 11.8 Å². The molecule has 0 amide bonds. The summed E-state index contributed by atoms with van der Waals surface area (Å²) in [5.41, 5.74) is 5.18. The van der Waals surface area contributed by atoms with E-state index in [-0.39, 0.29) is 12.5 Å². The molecule has 0 aliphatic heterocycles. The number of rotatable bonds is 3. The van der Waals surface area contributed by atoms with Gasteiger partial charge >= 0.3 is 6.18 Å². The molecule has 0 aliphatic carbocycles. The first-order chi connectivity index (χ1) is 4.87. The standard InChI is InChI=1S/C7H14F3N/c1-5(2)6(4-11)3-7(8,9)10/h5-6H,3-4,11H2,1-2H3/t6-/m1/s1. The zero-order valence-corrected chi connectivity index (χ0v) is 6.78. The van der Waals surface area contributed by atoms with Gasteiger partial charge in [-0.25, -0.2) is 0 Å². The molecule has 0 aliphatic rings. The molecule has 1 atom stereocenters. The van der Waals surface area contributed by atoms with Crippen LogP contribution in [0.5, 0.6) is 0 Å². The first-order valence-electron chi connectivity index (χ1n) is 3.63. The zero-order valence-electron chi connectivity index (χ0n) is 6.78. The van der Waals surface area contributed by atoms with Crippen LogP contribution in [-0.4, -0.2) is 12.7 Å². The van der Waals surface area contributed by atoms with Gasteiger partial charge in [-0.05, 0) is 18.4 Å². The van der Waals surface area contributed by atoms with Crippen LogP contribution in [0.1, 0.15) is 20.3 Å². The highest BCUT2D eigenvalue weighted by atomic mass is 19.4. The third kappa shape index (κ3) is 5.07. The van der Waals surface area contributed by atoms with Crippen LogP contribution < -0.4 is 5.73 Å². The van der Waals surface area contributed by atoms with E-state index in [2.05, 4.69) is 0 Å². The van der Waals surface area contributed by atoms with Crippen molar-refractivity contribution in [3.8, 4) is 0 Å². The van der Waals surface area contributed by atoms with Crippen molar-refractivity contribution in [1.29, 1.82) is 0 Å². The smallest absolute Gasteiger partial charge is 0.330 e. The Morgan fingerprint density at radius 2 is 1.73 bits per heavy atom. The maximum absolute atomic E-state index is 11.8. The summed E-state index contributed by atoms with van der Waals surface area (Å²) in [6.45, 7) is 3.61. The Morgan fingerprint density at radius 1 is 1.27 bits per heavy atom. The topological polar surface area (TPSA) is 26.0 Å². The lowest BCUT2D eigenvalue weighted by atomic mass is 9.92. The summed E-state index contributed by atoms with van der Waals surface area (Å²) in [7, 11) is 0. The van der Waals surface area contributed by atoms with Crippen LogP contribution >= 0.6 is 0 Å². The van der Waals surface area contributed by atoms with E-state index in [4.69, 9.17) is 5.73 Å². The van der Waals surface area contributed by atoms with Crippen molar-refractivity contribution in [2.45, 2.75) is 26.4 Å². The molecule has 0 rings (SSSR count). The second-order valence-electron chi connectivity index (χ2n) is 3.06. The summed E-state index contributed by atoms with van der Waals surface area (Å²) < 4.78 is 35.4. The van der Waals surface area contributed by atoms with Gasteiger partial charge in [0.25, 0.3) is 0 Å². The number of nitrogens with two attached hydrogens (primary N) is 1. The summed E-state index contributed by atoms with van der Waals surface area (Å²) in [5.74, 6) is -0.434. The number of halogens is 3. The van der Waals surface area contributed by atoms with Gasteiger partial charge in [-0.1, -0.05) is 13.8 Å². The highest BCUT2D eigenvalue weighted by Gasteiger charge is 2.32. The number of hydrogen-bond acceptors (Lipinski definition) is 1. The molecular weight excluding hydrogens is 155 g/mol. The minimum atomic E-state index is -4.08. The highest BCUT2D eigenvalue weighted by molar-refractivity contribution is 4.67. The quantitative estimate of drug-likeness (QED) is 0.688. The van der Waals surface area contributed by atoms with Crippen molar-refractivity contribution in [3.05, 3.63) is 0 Å². The van der Waals surface area contributed by atoms with Crippen molar-refractivity contribution >= 4 is 0 Å². The van der Waals surface area contributed by atoms with Crippen molar-refractivity contribution in [2.24, 2.45) is 17.6 Å². The summed E-state index contributed by atoms with van der Waals surface area (Å²) in [4.78, 5) is 0. The van der Waals surface area contributed by atoms with Gasteiger partial charge < -0.3 is 5.73 Å². The lowest BCUT2D eigenvalue weighted by Gasteiger charge is -2.19. The van der Waals surface area contributed by atoms with Gasteiger partial charge in [-0.15, -0.1) is 0 Å². The lowest BCUT2D eigenvalue weighted by molar-refractivity contribution is -0.146. The van der Waals surface area contributed by atoms with Gasteiger partial charge in [0.2, 0.25) is 0 Å². The van der Waals surface area contributed by atoms with E-state index in [0.717, 1.165) is 0 Å². The SMILES string of the molecule is CC(C)[C@@H](CN)CC(F)(F)F. The first-order valence-corrected chi connectivity index (χ1v) is 3.63. The van der Waals surface area contributed by atoms with Crippen molar-refractivity contribution < 1.29 is 13.2 Å². The van der Waals surface area contributed by atoms with E-state index >= 15 is 0 Å². The Labute approximate surface area is 64.8 Å². The maximum Gasteiger partial charge on any atom is 0.389 e. The third-order valence-electron chi connectivity index (χ3n) is 1.74. The van der Waals surface area contributed by atoms with Crippen LogP contribution in [0.4, 0.5) is 13.2 Å². The van der Waals surface area contributed by atoms with Gasteiger partial charge in [-0.2, -0.15) is 13.2 Å². The minimum absolute atomic E-state index is 0.00150. The molecule has 2 N–H and O–H groups in total. The largest absolute Gasteiger partial charge is 0.389 e. The molecule has 0 saturated heterocycles. The Balaban J connectivity index is 3.88. The molecule has 0 saturated carbocycles. The first kappa shape index (κ1) is 10.8. The predicted molar refractivity (Wildman–Crippen MR) is 38.1 cm³/mol. The van der Waals surface area contributed by atoms with E-state index in [1.54, 1.807) is 13.8 Å². The van der Waals surface area contributed by atoms with Gasteiger partial charge in [0.1, 0.15) is 0 Å². The van der Waals surface area contributed by atoms with Crippen molar-refractivity contribution in [2.75, 3.05) is 6.54 Å². The van der Waals surface area contributed by atoms with Crippen LogP contribution in [-0.2, 0) is 0 Å². The molecule has 0 spiro atoms. The number of alkyl halides is 3. The Morgan fingerprint density at radius 3 is 1.82 bits per heavy atom. The molecule has 1 nitrogen and oxygen atoms in total. The van der Waals surface area contributed by atoms with E-state index < -0.39 is 18.5 Å². The van der Waals surface area contributed by atoms with Crippen LogP contribution in [0.2, 0.25) is 0 Å². The minimum Gasteiger partial charge on any atom is -0.330 e. The Kier molecular flexibility index (Phi) is 3.86. The highest BCUT2D eigenvalue weighted by Crippen LogP contribution is 2.27. The fourth-order valence-corrected chi connectivity index (χ4v) is 0.888. The normalized spacial score (nSPS) is 15.5. The molecule has 0 aromatic carbocycles. The average molecular weight is 169 g/mol. The monoisotopic (exact) mass is 169 g/mol. The second kappa shape index (κ2) is 3.95. The summed E-state index contributed by atoms with van der Waals surface area (Å²) in [5, 5.41) is 0. The molecule has 0 aromatic heterocycles. The number of hydrogen-bond donors (Lipinski definition) is 1. The fraction of sp³-hybridized carbons (Fsp3) is 1.00. The van der Waals surface area contributed by atoms with Crippen molar-refractivity contribution in [3.63, 3.8) is 0 Å². The molecule has 0 radical (unpaired) electrons. The Hall–Kier alpha value is -0.250. The van der Waals surface area contributed by atoms with Gasteiger partial charge in [0.15, 0.2) is 0 Å². The molecule has 0 bridgehead atoms. The van der Waals surface area contributed by atoms with Crippen LogP contribution in [0.15, 0.2) is 0 Å². The van der Waals surface area contributed by atoms with Crippen molar-refractivity contribution in [1.82, 2.24) is 0 Å². The Bertz CT molecular complexity index is 109. The summed E-state index contributed by atoms with van der Waals surface area (Å²) >= 11 is 0. The van der Waals surface area contributed by atoms with Gasteiger partial charge in [0.05, 0.1) is 0 Å². The van der Waals surface area contributed by atoms with E-state index in [1.807, 2.05) is 0 Å². The molecule has 0 unspecified atom stereocenters. The molecule has 0 aromatic rings. The van der Waals surface area contributed by atoms with E-state index in [9.17, 15) is 13.2 Å². The molecule has 68 valence electrons. The summed E-state index contributed by atoms with van der Waals surface area (Å²) in [6.07, 6.45) is -4.84. The molecule has 0 heterocycles. The second-order valence-corrected chi connectivity index (χ2v) is 3.06. The fourth-order valence-electron chi connectivity index (χ4n) is 0.888. The zero-order chi connectivity index (χ0) is 9.07. The lowest BCUT2D eigenvalue weighted by Crippen LogP contribution is -2.26. The van der Waals surface area contributed by atoms with Gasteiger partial charge in [-0.3, -0.25) is 0 Å². The summed E-state index contributed by atoms with van der Waals surface area (Å²) in [6, 6.07) is 0. The average Bonchev–Trinajstić information content (AvgIpc) is 1.80. The van der Waals surface area contributed by atoms with Gasteiger partial charge in [0, 0.05) is 6.42 Å². The third-order valence-corrected chi connectivity index (χ3v) is 1.74. The molecule has 4 heteroatoms. The maximum atomic E-state index is 11.8. The molecule has 11 heavy (non-hydrogen) atoms. The molecule has 0 fully saturated rings. The molecular formula is C7H14F3N. The van der Waals surface area contributed by atoms with E-state index in [0.29, 0.717) is 0 Å². The predicted octanol–water partition coefficient (Wildman–Crippen LogP) is 2.17. The van der Waals surface area contributed by atoms with Crippen LogP contribution in [0.25, 0.3) is 0 Å². The van der Waals surface area contributed by atoms with E-state index in [1.165, 1.54) is 0 Å². The van der Waals surface area contributed by atoms with Crippen LogP contribution in [0.3, 0.4) is 0 Å².